The minimum absolute atomic E-state index is 0.647. The van der Waals surface area contributed by atoms with Crippen molar-refractivity contribution in [2.75, 3.05) is 0 Å². The fraction of sp³-hybridized carbons (Fsp3) is 0.111. The molecule has 0 nitrogen and oxygen atoms in total. The van der Waals surface area contributed by atoms with E-state index in [9.17, 15) is 0 Å². The molecule has 2 rings (SSSR count). The van der Waals surface area contributed by atoms with Crippen LogP contribution in [0.5, 0.6) is 0 Å². The van der Waals surface area contributed by atoms with Gasteiger partial charge < -0.3 is 0 Å². The number of allylic oxidation sites excluding steroid dienone is 1. The van der Waals surface area contributed by atoms with Crippen LogP contribution in [0.1, 0.15) is 11.1 Å². The Morgan fingerprint density at radius 2 is 2.00 bits per heavy atom. The van der Waals surface area contributed by atoms with Gasteiger partial charge in [-0.2, -0.15) is 0 Å². The summed E-state index contributed by atoms with van der Waals surface area (Å²) >= 11 is 11.8. The van der Waals surface area contributed by atoms with Crippen LogP contribution in [0.2, 0.25) is 10.0 Å². The molecule has 0 radical (unpaired) electrons. The fourth-order valence-corrected chi connectivity index (χ4v) is 1.70. The first-order valence-corrected chi connectivity index (χ1v) is 4.18. The van der Waals surface area contributed by atoms with Crippen molar-refractivity contribution in [3.63, 3.8) is 0 Å². The first-order valence-electron chi connectivity index (χ1n) is 3.42. The molecule has 0 unspecified atom stereocenters. The van der Waals surface area contributed by atoms with Crippen LogP contribution in [0.3, 0.4) is 0 Å². The van der Waals surface area contributed by atoms with Gasteiger partial charge in [-0.1, -0.05) is 41.4 Å². The van der Waals surface area contributed by atoms with Crippen LogP contribution in [-0.4, -0.2) is 0 Å². The minimum atomic E-state index is 0.647. The summed E-state index contributed by atoms with van der Waals surface area (Å²) in [7, 11) is 0. The van der Waals surface area contributed by atoms with Gasteiger partial charge in [-0.3, -0.25) is 0 Å². The third kappa shape index (κ3) is 1.07. The predicted octanol–water partition coefficient (Wildman–Crippen LogP) is 3.56. The average molecular weight is 185 g/mol. The number of halogens is 2. The van der Waals surface area contributed by atoms with Gasteiger partial charge in [0.2, 0.25) is 0 Å². The molecule has 1 aliphatic carbocycles. The number of hydrogen-bond acceptors (Lipinski definition) is 0. The molecule has 1 aliphatic rings. The van der Waals surface area contributed by atoms with Crippen LogP contribution in [0, 0.1) is 0 Å². The summed E-state index contributed by atoms with van der Waals surface area (Å²) < 4.78 is 0. The molecule has 0 saturated heterocycles. The van der Waals surface area contributed by atoms with Gasteiger partial charge in [0.15, 0.2) is 0 Å². The Labute approximate surface area is 75.4 Å². The van der Waals surface area contributed by atoms with E-state index < -0.39 is 0 Å². The Hall–Kier alpha value is -0.460. The van der Waals surface area contributed by atoms with Crippen molar-refractivity contribution in [3.05, 3.63) is 39.4 Å². The third-order valence-corrected chi connectivity index (χ3v) is 2.70. The molecule has 0 aliphatic heterocycles. The molecule has 0 spiro atoms. The van der Waals surface area contributed by atoms with Crippen molar-refractivity contribution in [1.82, 2.24) is 0 Å². The van der Waals surface area contributed by atoms with Gasteiger partial charge in [0.1, 0.15) is 0 Å². The van der Waals surface area contributed by atoms with Crippen molar-refractivity contribution in [3.8, 4) is 0 Å². The molecule has 0 heterocycles. The van der Waals surface area contributed by atoms with Crippen LogP contribution < -0.4 is 0 Å². The molecular weight excluding hydrogens is 179 g/mol. The zero-order chi connectivity index (χ0) is 7.84. The van der Waals surface area contributed by atoms with E-state index in [1.54, 1.807) is 0 Å². The Morgan fingerprint density at radius 3 is 2.82 bits per heavy atom. The highest BCUT2D eigenvalue weighted by Gasteiger charge is 2.10. The zero-order valence-electron chi connectivity index (χ0n) is 5.77. The van der Waals surface area contributed by atoms with E-state index in [2.05, 4.69) is 12.2 Å². The molecule has 0 amide bonds. The van der Waals surface area contributed by atoms with Gasteiger partial charge in [0.05, 0.1) is 10.0 Å². The van der Waals surface area contributed by atoms with E-state index in [0.29, 0.717) is 10.0 Å². The average Bonchev–Trinajstić information content (AvgIpc) is 2.45. The molecular formula is C9H6Cl2. The van der Waals surface area contributed by atoms with Crippen LogP contribution >= 0.6 is 23.2 Å². The second-order valence-electron chi connectivity index (χ2n) is 2.54. The maximum Gasteiger partial charge on any atom is 0.0633 e. The van der Waals surface area contributed by atoms with Crippen molar-refractivity contribution >= 4 is 29.3 Å². The summed E-state index contributed by atoms with van der Waals surface area (Å²) in [5, 5.41) is 1.35. The molecule has 1 aromatic rings. The summed E-state index contributed by atoms with van der Waals surface area (Å²) in [4.78, 5) is 0. The van der Waals surface area contributed by atoms with E-state index in [0.717, 1.165) is 12.0 Å². The summed E-state index contributed by atoms with van der Waals surface area (Å²) in [5.41, 5.74) is 2.35. The zero-order valence-corrected chi connectivity index (χ0v) is 7.28. The molecule has 0 atom stereocenters. The highest BCUT2D eigenvalue weighted by molar-refractivity contribution is 6.42. The lowest BCUT2D eigenvalue weighted by Gasteiger charge is -2.02. The summed E-state index contributed by atoms with van der Waals surface area (Å²) in [6.07, 6.45) is 5.07. The third-order valence-electron chi connectivity index (χ3n) is 1.85. The maximum absolute atomic E-state index is 5.97. The molecule has 0 N–H and O–H groups in total. The van der Waals surface area contributed by atoms with Crippen molar-refractivity contribution in [2.45, 2.75) is 6.42 Å². The molecule has 0 fully saturated rings. The highest BCUT2D eigenvalue weighted by atomic mass is 35.5. The summed E-state index contributed by atoms with van der Waals surface area (Å²) in [5.74, 6) is 0. The molecule has 11 heavy (non-hydrogen) atoms. The predicted molar refractivity (Wildman–Crippen MR) is 49.2 cm³/mol. The molecule has 2 heteroatoms. The molecule has 0 bridgehead atoms. The smallest absolute Gasteiger partial charge is 0.0633 e. The van der Waals surface area contributed by atoms with Gasteiger partial charge in [0, 0.05) is 0 Å². The number of benzene rings is 1. The first kappa shape index (κ1) is 7.20. The maximum atomic E-state index is 5.97. The largest absolute Gasteiger partial charge is 0.0827 e. The van der Waals surface area contributed by atoms with E-state index in [1.807, 2.05) is 12.1 Å². The fourth-order valence-electron chi connectivity index (χ4n) is 1.27. The lowest BCUT2D eigenvalue weighted by molar-refractivity contribution is 1.31. The Bertz CT molecular complexity index is 327. The van der Waals surface area contributed by atoms with E-state index >= 15 is 0 Å². The second-order valence-corrected chi connectivity index (χ2v) is 3.32. The molecule has 0 saturated carbocycles. The Morgan fingerprint density at radius 1 is 1.18 bits per heavy atom. The van der Waals surface area contributed by atoms with Crippen LogP contribution in [0.15, 0.2) is 18.2 Å². The number of rotatable bonds is 0. The van der Waals surface area contributed by atoms with Gasteiger partial charge in [-0.15, -0.1) is 0 Å². The minimum Gasteiger partial charge on any atom is -0.0827 e. The lowest BCUT2D eigenvalue weighted by atomic mass is 10.1. The number of hydrogen-bond donors (Lipinski definition) is 0. The topological polar surface area (TPSA) is 0 Å². The van der Waals surface area contributed by atoms with Gasteiger partial charge in [0.25, 0.3) is 0 Å². The normalized spacial score (nSPS) is 13.6. The van der Waals surface area contributed by atoms with Crippen molar-refractivity contribution in [1.29, 1.82) is 0 Å². The number of fused-ring (bicyclic) bond motifs is 1. The standard InChI is InChI=1S/C9H6Cl2/c10-8-5-4-6-2-1-3-7(6)9(8)11/h1-2,4-5H,3H2. The van der Waals surface area contributed by atoms with Gasteiger partial charge >= 0.3 is 0 Å². The van der Waals surface area contributed by atoms with Crippen LogP contribution in [0.25, 0.3) is 6.08 Å². The first-order chi connectivity index (χ1) is 5.29. The summed E-state index contributed by atoms with van der Waals surface area (Å²) in [6.45, 7) is 0. The highest BCUT2D eigenvalue weighted by Crippen LogP contribution is 2.32. The monoisotopic (exact) mass is 184 g/mol. The van der Waals surface area contributed by atoms with Crippen LogP contribution in [-0.2, 0) is 6.42 Å². The second kappa shape index (κ2) is 2.54. The molecule has 0 aromatic heterocycles. The lowest BCUT2D eigenvalue weighted by Crippen LogP contribution is -1.83. The SMILES string of the molecule is Clc1ccc2c(c1Cl)CC=C2. The Balaban J connectivity index is 2.67. The molecule has 56 valence electrons. The Kier molecular flexibility index (Phi) is 1.67. The van der Waals surface area contributed by atoms with E-state index in [1.165, 1.54) is 5.56 Å². The van der Waals surface area contributed by atoms with E-state index in [-0.39, 0.29) is 0 Å². The van der Waals surface area contributed by atoms with E-state index in [4.69, 9.17) is 23.2 Å². The van der Waals surface area contributed by atoms with Gasteiger partial charge in [-0.05, 0) is 23.6 Å². The molecule has 1 aromatic carbocycles. The van der Waals surface area contributed by atoms with Crippen molar-refractivity contribution < 1.29 is 0 Å². The van der Waals surface area contributed by atoms with Crippen LogP contribution in [0.4, 0.5) is 0 Å². The summed E-state index contributed by atoms with van der Waals surface area (Å²) in [6, 6.07) is 3.82. The van der Waals surface area contributed by atoms with Crippen molar-refractivity contribution in [2.24, 2.45) is 0 Å². The quantitative estimate of drug-likeness (QED) is 0.579. The van der Waals surface area contributed by atoms with Gasteiger partial charge in [-0.25, -0.2) is 0 Å².